The van der Waals surface area contributed by atoms with Crippen LogP contribution in [-0.2, 0) is 35.0 Å². The van der Waals surface area contributed by atoms with E-state index in [0.717, 1.165) is 10.5 Å². The molecule has 0 aliphatic carbocycles. The number of hydrogen-bond acceptors (Lipinski definition) is 9. The lowest BCUT2D eigenvalue weighted by atomic mass is 9.91. The molecule has 3 amide bonds. The molecule has 1 aliphatic rings. The van der Waals surface area contributed by atoms with Crippen molar-refractivity contribution in [2.24, 2.45) is 5.73 Å². The molecule has 1 aromatic heterocycles. The third kappa shape index (κ3) is 6.98. The Hall–Kier alpha value is -3.19. The van der Waals surface area contributed by atoms with E-state index >= 15 is 0 Å². The van der Waals surface area contributed by atoms with Gasteiger partial charge in [0.2, 0.25) is 11.8 Å². The molecule has 0 spiro atoms. The number of benzene rings is 1. The molecule has 2 heterocycles. The number of nitrogens with one attached hydrogen (secondary N) is 1. The minimum atomic E-state index is -1.29. The van der Waals surface area contributed by atoms with Crippen LogP contribution in [0.5, 0.6) is 0 Å². The summed E-state index contributed by atoms with van der Waals surface area (Å²) < 4.78 is 15.8. The zero-order valence-corrected chi connectivity index (χ0v) is 22.1. The second-order valence-electron chi connectivity index (χ2n) is 8.93. The number of thiazole rings is 1. The topological polar surface area (TPSA) is 153 Å². The second-order valence-corrected chi connectivity index (χ2v) is 10.2. The predicted octanol–water partition coefficient (Wildman–Crippen LogP) is 0.495. The number of primary amides is 1. The molecule has 11 nitrogen and oxygen atoms in total. The van der Waals surface area contributed by atoms with Crippen molar-refractivity contribution in [3.05, 3.63) is 52.0 Å². The fraction of sp³-hybridized carbons (Fsp3) is 0.480. The highest BCUT2D eigenvalue weighted by Gasteiger charge is 2.53. The van der Waals surface area contributed by atoms with Gasteiger partial charge in [-0.3, -0.25) is 19.2 Å². The highest BCUT2D eigenvalue weighted by atomic mass is 32.1. The summed E-state index contributed by atoms with van der Waals surface area (Å²) in [7, 11) is 2.73. The quantitative estimate of drug-likeness (QED) is 0.334. The molecule has 1 unspecified atom stereocenters. The molecule has 37 heavy (non-hydrogen) atoms. The standard InChI is InChI=1S/C25H32N4O7S/c1-15-27-11-20(37-15)23(32)28-17(12-34-3)24(33)29(19(13-35-4)22(26)31)18(21(30)25(2)14-36-25)10-16-8-6-5-7-9-16/h5-9,11,17-19H,10,12-14H2,1-4H3,(H2,26,31)(H,28,32)/t17-,18?,19-,25+/m0/s1. The lowest BCUT2D eigenvalue weighted by Crippen LogP contribution is -2.64. The van der Waals surface area contributed by atoms with E-state index in [-0.39, 0.29) is 32.0 Å². The molecule has 2 aromatic rings. The Morgan fingerprint density at radius 2 is 1.81 bits per heavy atom. The van der Waals surface area contributed by atoms with Crippen molar-refractivity contribution >= 4 is 34.8 Å². The number of Topliss-reactive ketones (excluding diaryl/α,β-unsaturated/α-hetero) is 1. The van der Waals surface area contributed by atoms with Crippen LogP contribution in [0.2, 0.25) is 0 Å². The van der Waals surface area contributed by atoms with Gasteiger partial charge < -0.3 is 30.2 Å². The molecule has 0 bridgehead atoms. The lowest BCUT2D eigenvalue weighted by Gasteiger charge is -2.38. The van der Waals surface area contributed by atoms with Crippen molar-refractivity contribution in [3.8, 4) is 0 Å². The number of amides is 3. The largest absolute Gasteiger partial charge is 0.382 e. The van der Waals surface area contributed by atoms with E-state index < -0.39 is 41.4 Å². The van der Waals surface area contributed by atoms with Gasteiger partial charge in [-0.1, -0.05) is 30.3 Å². The fourth-order valence-corrected chi connectivity index (χ4v) is 4.64. The summed E-state index contributed by atoms with van der Waals surface area (Å²) in [5, 5.41) is 3.34. The normalized spacial score (nSPS) is 18.9. The molecule has 0 saturated carbocycles. The van der Waals surface area contributed by atoms with Gasteiger partial charge in [-0.05, 0) is 19.4 Å². The zero-order valence-electron chi connectivity index (χ0n) is 21.3. The average molecular weight is 533 g/mol. The third-order valence-corrected chi connectivity index (χ3v) is 6.95. The van der Waals surface area contributed by atoms with Gasteiger partial charge in [-0.25, -0.2) is 4.98 Å². The molecular weight excluding hydrogens is 500 g/mol. The smallest absolute Gasteiger partial charge is 0.263 e. The number of ketones is 1. The van der Waals surface area contributed by atoms with Gasteiger partial charge in [0.1, 0.15) is 22.6 Å². The summed E-state index contributed by atoms with van der Waals surface area (Å²) in [5.74, 6) is -2.49. The number of ether oxygens (including phenoxy) is 3. The molecular formula is C25H32N4O7S. The fourth-order valence-electron chi connectivity index (χ4n) is 3.96. The van der Waals surface area contributed by atoms with Gasteiger partial charge in [-0.15, -0.1) is 11.3 Å². The van der Waals surface area contributed by atoms with Crippen molar-refractivity contribution in [3.63, 3.8) is 0 Å². The first-order chi connectivity index (χ1) is 17.6. The van der Waals surface area contributed by atoms with Crippen LogP contribution >= 0.6 is 11.3 Å². The van der Waals surface area contributed by atoms with Crippen LogP contribution in [0.3, 0.4) is 0 Å². The van der Waals surface area contributed by atoms with Crippen molar-refractivity contribution in [1.29, 1.82) is 0 Å². The van der Waals surface area contributed by atoms with Crippen LogP contribution in [0.4, 0.5) is 0 Å². The van der Waals surface area contributed by atoms with E-state index in [9.17, 15) is 19.2 Å². The Morgan fingerprint density at radius 1 is 1.16 bits per heavy atom. The first kappa shape index (κ1) is 28.4. The molecule has 1 saturated heterocycles. The first-order valence-corrected chi connectivity index (χ1v) is 12.5. The Balaban J connectivity index is 2.03. The highest BCUT2D eigenvalue weighted by Crippen LogP contribution is 2.32. The first-order valence-electron chi connectivity index (χ1n) is 11.7. The van der Waals surface area contributed by atoms with E-state index in [2.05, 4.69) is 10.3 Å². The summed E-state index contributed by atoms with van der Waals surface area (Å²) in [6.45, 7) is 3.11. The molecule has 0 radical (unpaired) electrons. The molecule has 1 fully saturated rings. The number of hydrogen-bond donors (Lipinski definition) is 2. The summed E-state index contributed by atoms with van der Waals surface area (Å²) >= 11 is 1.17. The molecule has 1 aliphatic heterocycles. The van der Waals surface area contributed by atoms with E-state index in [1.165, 1.54) is 31.8 Å². The van der Waals surface area contributed by atoms with E-state index in [4.69, 9.17) is 19.9 Å². The van der Waals surface area contributed by atoms with Crippen LogP contribution in [0.25, 0.3) is 0 Å². The highest BCUT2D eigenvalue weighted by molar-refractivity contribution is 7.13. The average Bonchev–Trinajstić information content (AvgIpc) is 3.48. The molecule has 200 valence electrons. The minimum absolute atomic E-state index is 0.0968. The number of epoxide rings is 1. The van der Waals surface area contributed by atoms with Crippen molar-refractivity contribution in [1.82, 2.24) is 15.2 Å². The van der Waals surface area contributed by atoms with Crippen LogP contribution in [0.1, 0.15) is 27.2 Å². The Labute approximate surface area is 219 Å². The number of nitrogens with zero attached hydrogens (tertiary/aromatic N) is 2. The molecule has 3 N–H and O–H groups in total. The lowest BCUT2D eigenvalue weighted by molar-refractivity contribution is -0.151. The number of methoxy groups -OCH3 is 2. The molecule has 1 aromatic carbocycles. The van der Waals surface area contributed by atoms with E-state index in [0.29, 0.717) is 9.88 Å². The maximum Gasteiger partial charge on any atom is 0.263 e. The molecule has 12 heteroatoms. The molecule has 4 atom stereocenters. The van der Waals surface area contributed by atoms with Crippen LogP contribution in [-0.4, -0.2) is 91.2 Å². The number of carbonyl (C=O) groups excluding carboxylic acids is 4. The molecule has 3 rings (SSSR count). The van der Waals surface area contributed by atoms with Gasteiger partial charge >= 0.3 is 0 Å². The van der Waals surface area contributed by atoms with Crippen LogP contribution in [0, 0.1) is 6.92 Å². The van der Waals surface area contributed by atoms with E-state index in [1.54, 1.807) is 13.8 Å². The van der Waals surface area contributed by atoms with Crippen molar-refractivity contribution in [2.75, 3.05) is 34.0 Å². The number of nitrogens with two attached hydrogens (primary N) is 1. The van der Waals surface area contributed by atoms with Gasteiger partial charge in [0.05, 0.1) is 37.1 Å². The van der Waals surface area contributed by atoms with Gasteiger partial charge in [0.25, 0.3) is 5.91 Å². The summed E-state index contributed by atoms with van der Waals surface area (Å²) in [4.78, 5) is 58.7. The number of rotatable bonds is 14. The third-order valence-electron chi connectivity index (χ3n) is 6.03. The SMILES string of the molecule is COC[C@H](NC(=O)c1cnc(C)s1)C(=O)N(C(Cc1ccccc1)C(=O)[C@@]1(C)CO1)[C@@H](COC)C(N)=O. The number of aryl methyl sites for hydroxylation is 1. The summed E-state index contributed by atoms with van der Waals surface area (Å²) in [6.07, 6.45) is 1.51. The Morgan fingerprint density at radius 3 is 2.32 bits per heavy atom. The number of aromatic nitrogens is 1. The van der Waals surface area contributed by atoms with Gasteiger partial charge in [0, 0.05) is 20.6 Å². The van der Waals surface area contributed by atoms with Crippen LogP contribution < -0.4 is 11.1 Å². The van der Waals surface area contributed by atoms with Crippen molar-refractivity contribution < 1.29 is 33.4 Å². The minimum Gasteiger partial charge on any atom is -0.382 e. The predicted molar refractivity (Wildman–Crippen MR) is 135 cm³/mol. The maximum absolute atomic E-state index is 14.1. The Bertz CT molecular complexity index is 1120. The van der Waals surface area contributed by atoms with Gasteiger partial charge in [-0.2, -0.15) is 0 Å². The maximum atomic E-state index is 14.1. The van der Waals surface area contributed by atoms with E-state index in [1.807, 2.05) is 30.3 Å². The monoisotopic (exact) mass is 532 g/mol. The second kappa shape index (κ2) is 12.4. The Kier molecular flexibility index (Phi) is 9.49. The zero-order chi connectivity index (χ0) is 27.2. The summed E-state index contributed by atoms with van der Waals surface area (Å²) in [5.41, 5.74) is 5.36. The summed E-state index contributed by atoms with van der Waals surface area (Å²) in [6, 6.07) is 5.43. The number of carbonyl (C=O) groups is 4. The van der Waals surface area contributed by atoms with Crippen LogP contribution in [0.15, 0.2) is 36.5 Å². The van der Waals surface area contributed by atoms with Crippen molar-refractivity contribution in [2.45, 2.75) is 44.0 Å². The van der Waals surface area contributed by atoms with Gasteiger partial charge in [0.15, 0.2) is 5.78 Å².